The number of nitrogen functional groups attached to an aromatic ring is 1. The molecule has 0 spiro atoms. The number of benzene rings is 1. The first kappa shape index (κ1) is 14.1. The van der Waals surface area contributed by atoms with E-state index in [9.17, 15) is 18.7 Å². The summed E-state index contributed by atoms with van der Waals surface area (Å²) in [7, 11) is 0. The molecule has 0 fully saturated rings. The van der Waals surface area contributed by atoms with E-state index in [4.69, 9.17) is 10.8 Å². The van der Waals surface area contributed by atoms with E-state index in [1.54, 1.807) is 0 Å². The van der Waals surface area contributed by atoms with Gasteiger partial charge in [-0.25, -0.2) is 23.5 Å². The molecule has 1 aromatic heterocycles. The Morgan fingerprint density at radius 2 is 1.90 bits per heavy atom. The van der Waals surface area contributed by atoms with Crippen molar-refractivity contribution in [3.05, 3.63) is 33.9 Å². The van der Waals surface area contributed by atoms with E-state index in [-0.39, 0.29) is 10.0 Å². The molecule has 0 bridgehead atoms. The van der Waals surface area contributed by atoms with Crippen LogP contribution in [0.3, 0.4) is 0 Å². The van der Waals surface area contributed by atoms with Crippen LogP contribution >= 0.6 is 15.9 Å². The fraction of sp³-hybridized carbons (Fsp3) is 0. The molecule has 1 aromatic carbocycles. The van der Waals surface area contributed by atoms with Crippen molar-refractivity contribution in [2.24, 2.45) is 0 Å². The number of rotatable bonds is 2. The Bertz CT molecular complexity index is 725. The highest BCUT2D eigenvalue weighted by Crippen LogP contribution is 2.29. The van der Waals surface area contributed by atoms with Gasteiger partial charge in [-0.05, 0) is 28.1 Å². The molecule has 0 aliphatic rings. The summed E-state index contributed by atoms with van der Waals surface area (Å²) in [4.78, 5) is 17.9. The van der Waals surface area contributed by atoms with E-state index in [1.165, 1.54) is 0 Å². The zero-order valence-corrected chi connectivity index (χ0v) is 11.1. The van der Waals surface area contributed by atoms with E-state index in [2.05, 4.69) is 25.9 Å². The summed E-state index contributed by atoms with van der Waals surface area (Å²) in [5.41, 5.74) is 4.15. The number of aromatic nitrogens is 2. The smallest absolute Gasteiger partial charge is 0.358 e. The Hall–Kier alpha value is -2.29. The van der Waals surface area contributed by atoms with Crippen molar-refractivity contribution in [3.8, 4) is 17.1 Å². The average Bonchev–Trinajstić information content (AvgIpc) is 2.36. The van der Waals surface area contributed by atoms with Crippen molar-refractivity contribution in [1.29, 1.82) is 0 Å². The SMILES string of the molecule is Nc1nc(-c2cc(F)c(Br)cc2F)nc(C(=O)O)c1O. The van der Waals surface area contributed by atoms with Crippen molar-refractivity contribution in [2.45, 2.75) is 0 Å². The van der Waals surface area contributed by atoms with Crippen LogP contribution in [0, 0.1) is 11.6 Å². The second-order valence-electron chi connectivity index (χ2n) is 3.68. The molecule has 0 saturated heterocycles. The van der Waals surface area contributed by atoms with Gasteiger partial charge in [-0.2, -0.15) is 0 Å². The van der Waals surface area contributed by atoms with Gasteiger partial charge in [0.05, 0.1) is 10.0 Å². The standard InChI is InChI=1S/C11H6BrF2N3O3/c12-4-2-5(13)3(1-6(4)14)10-16-7(11(19)20)8(18)9(15)17-10/h1-2,18H,(H,19,20)(H2,15,16,17). The topological polar surface area (TPSA) is 109 Å². The predicted octanol–water partition coefficient (Wildman–Crippen LogP) is 2.17. The van der Waals surface area contributed by atoms with Crippen LogP contribution in [-0.2, 0) is 0 Å². The molecule has 4 N–H and O–H groups in total. The first-order valence-corrected chi connectivity index (χ1v) is 5.85. The van der Waals surface area contributed by atoms with Gasteiger partial charge in [0.1, 0.15) is 11.6 Å². The van der Waals surface area contributed by atoms with Crippen LogP contribution in [0.4, 0.5) is 14.6 Å². The molecule has 2 aromatic rings. The summed E-state index contributed by atoms with van der Waals surface area (Å²) in [6, 6.07) is 1.63. The van der Waals surface area contributed by atoms with Gasteiger partial charge in [0.2, 0.25) is 0 Å². The number of carbonyl (C=O) groups is 1. The first-order valence-electron chi connectivity index (χ1n) is 5.06. The molecule has 20 heavy (non-hydrogen) atoms. The van der Waals surface area contributed by atoms with E-state index < -0.39 is 40.7 Å². The highest BCUT2D eigenvalue weighted by molar-refractivity contribution is 9.10. The second kappa shape index (κ2) is 5.00. The third kappa shape index (κ3) is 2.39. The third-order valence-corrected chi connectivity index (χ3v) is 2.97. The van der Waals surface area contributed by atoms with E-state index in [0.717, 1.165) is 12.1 Å². The number of hydrogen-bond donors (Lipinski definition) is 3. The van der Waals surface area contributed by atoms with Crippen LogP contribution < -0.4 is 5.73 Å². The van der Waals surface area contributed by atoms with Crippen LogP contribution in [0.2, 0.25) is 0 Å². The quantitative estimate of drug-likeness (QED) is 0.719. The van der Waals surface area contributed by atoms with Gasteiger partial charge in [0.15, 0.2) is 23.1 Å². The Kier molecular flexibility index (Phi) is 3.53. The highest BCUT2D eigenvalue weighted by Gasteiger charge is 2.20. The molecule has 6 nitrogen and oxygen atoms in total. The van der Waals surface area contributed by atoms with Crippen LogP contribution in [0.25, 0.3) is 11.4 Å². The van der Waals surface area contributed by atoms with Gasteiger partial charge in [0, 0.05) is 0 Å². The molecule has 0 amide bonds. The molecular weight excluding hydrogens is 340 g/mol. The zero-order chi connectivity index (χ0) is 15.0. The number of aromatic hydroxyl groups is 1. The van der Waals surface area contributed by atoms with Gasteiger partial charge >= 0.3 is 5.97 Å². The molecule has 9 heteroatoms. The number of anilines is 1. The van der Waals surface area contributed by atoms with Crippen LogP contribution in [0.5, 0.6) is 5.75 Å². The summed E-state index contributed by atoms with van der Waals surface area (Å²) in [5.74, 6) is -5.06. The van der Waals surface area contributed by atoms with Crippen LogP contribution in [-0.4, -0.2) is 26.2 Å². The Morgan fingerprint density at radius 1 is 1.25 bits per heavy atom. The van der Waals surface area contributed by atoms with E-state index in [0.29, 0.717) is 0 Å². The van der Waals surface area contributed by atoms with Gasteiger partial charge < -0.3 is 15.9 Å². The average molecular weight is 346 g/mol. The summed E-state index contributed by atoms with van der Waals surface area (Å²) >= 11 is 2.80. The minimum absolute atomic E-state index is 0.107. The summed E-state index contributed by atoms with van der Waals surface area (Å²) in [6.45, 7) is 0. The summed E-state index contributed by atoms with van der Waals surface area (Å²) in [5, 5.41) is 18.2. The first-order chi connectivity index (χ1) is 9.31. The minimum atomic E-state index is -1.57. The van der Waals surface area contributed by atoms with Crippen LogP contribution in [0.15, 0.2) is 16.6 Å². The second-order valence-corrected chi connectivity index (χ2v) is 4.54. The lowest BCUT2D eigenvalue weighted by Crippen LogP contribution is -2.07. The predicted molar refractivity (Wildman–Crippen MR) is 68.1 cm³/mol. The van der Waals surface area contributed by atoms with Gasteiger partial charge in [-0.15, -0.1) is 0 Å². The maximum atomic E-state index is 13.8. The lowest BCUT2D eigenvalue weighted by Gasteiger charge is -2.07. The third-order valence-electron chi connectivity index (χ3n) is 2.36. The maximum absolute atomic E-state index is 13.8. The number of halogens is 3. The van der Waals surface area contributed by atoms with Crippen molar-refractivity contribution < 1.29 is 23.8 Å². The molecule has 0 aliphatic carbocycles. The van der Waals surface area contributed by atoms with Gasteiger partial charge in [0.25, 0.3) is 0 Å². The number of aromatic carboxylic acids is 1. The fourth-order valence-corrected chi connectivity index (χ4v) is 1.75. The number of nitrogens with zero attached hydrogens (tertiary/aromatic N) is 2. The highest BCUT2D eigenvalue weighted by atomic mass is 79.9. The molecule has 1 heterocycles. The van der Waals surface area contributed by atoms with E-state index >= 15 is 0 Å². The van der Waals surface area contributed by atoms with Crippen molar-refractivity contribution in [3.63, 3.8) is 0 Å². The number of hydrogen-bond acceptors (Lipinski definition) is 5. The summed E-state index contributed by atoms with van der Waals surface area (Å²) < 4.78 is 27.1. The molecule has 0 saturated carbocycles. The lowest BCUT2D eigenvalue weighted by atomic mass is 10.2. The number of carboxylic acids is 1. The molecule has 0 unspecified atom stereocenters. The molecule has 0 aliphatic heterocycles. The molecule has 0 radical (unpaired) electrons. The monoisotopic (exact) mass is 345 g/mol. The van der Waals surface area contributed by atoms with Gasteiger partial charge in [-0.1, -0.05) is 0 Å². The van der Waals surface area contributed by atoms with Gasteiger partial charge in [-0.3, -0.25) is 0 Å². The largest absolute Gasteiger partial charge is 0.503 e. The zero-order valence-electron chi connectivity index (χ0n) is 9.56. The normalized spacial score (nSPS) is 10.6. The van der Waals surface area contributed by atoms with Crippen molar-refractivity contribution in [2.75, 3.05) is 5.73 Å². The Balaban J connectivity index is 2.71. The number of nitrogens with two attached hydrogens (primary N) is 1. The fourth-order valence-electron chi connectivity index (χ4n) is 1.44. The Labute approximate surface area is 119 Å². The Morgan fingerprint density at radius 3 is 2.50 bits per heavy atom. The van der Waals surface area contributed by atoms with Crippen molar-refractivity contribution >= 4 is 27.7 Å². The molecule has 104 valence electrons. The lowest BCUT2D eigenvalue weighted by molar-refractivity contribution is 0.0687. The number of carboxylic acid groups (broad SMARTS) is 1. The van der Waals surface area contributed by atoms with Crippen LogP contribution in [0.1, 0.15) is 10.5 Å². The molecular formula is C11H6BrF2N3O3. The molecule has 2 rings (SSSR count). The molecule has 0 atom stereocenters. The van der Waals surface area contributed by atoms with E-state index in [1.807, 2.05) is 0 Å². The maximum Gasteiger partial charge on any atom is 0.358 e. The van der Waals surface area contributed by atoms with Crippen molar-refractivity contribution in [1.82, 2.24) is 9.97 Å². The summed E-state index contributed by atoms with van der Waals surface area (Å²) in [6.07, 6.45) is 0. The minimum Gasteiger partial charge on any atom is -0.503 e.